The molecule has 0 radical (unpaired) electrons. The molecule has 0 aliphatic heterocycles. The van der Waals surface area contributed by atoms with Crippen molar-refractivity contribution in [2.75, 3.05) is 0 Å². The summed E-state index contributed by atoms with van der Waals surface area (Å²) in [6.07, 6.45) is 5.61. The molecule has 0 saturated heterocycles. The Hall–Kier alpha value is -4.07. The number of ether oxygens (including phenoxy) is 1. The van der Waals surface area contributed by atoms with Crippen molar-refractivity contribution in [1.82, 2.24) is 25.6 Å². The van der Waals surface area contributed by atoms with Crippen LogP contribution in [0, 0.1) is 0 Å². The summed E-state index contributed by atoms with van der Waals surface area (Å²) >= 11 is 0. The highest BCUT2D eigenvalue weighted by Crippen LogP contribution is 2.30. The molecule has 2 aromatic heterocycles. The number of nitrogens with one attached hydrogen (secondary N) is 1. The van der Waals surface area contributed by atoms with Crippen LogP contribution in [0.3, 0.4) is 0 Å². The molecule has 8 nitrogen and oxygen atoms in total. The first kappa shape index (κ1) is 25.0. The summed E-state index contributed by atoms with van der Waals surface area (Å²) in [5.74, 6) is 0.563. The molecule has 3 N–H and O–H groups in total. The number of aromatic nitrogens is 5. The fraction of sp³-hybridized carbons (Fsp3) is 0.321. The number of rotatable bonds is 12. The zero-order valence-corrected chi connectivity index (χ0v) is 20.8. The minimum atomic E-state index is -0.501. The van der Waals surface area contributed by atoms with Crippen molar-refractivity contribution in [1.29, 1.82) is 0 Å². The number of nitrogens with two attached hydrogens (primary N) is 1. The summed E-state index contributed by atoms with van der Waals surface area (Å²) in [4.78, 5) is 17.1. The molecule has 0 bridgehead atoms. The fourth-order valence-corrected chi connectivity index (χ4v) is 4.16. The largest absolute Gasteiger partial charge is 0.488 e. The van der Waals surface area contributed by atoms with E-state index in [0.717, 1.165) is 65.7 Å². The van der Waals surface area contributed by atoms with Crippen molar-refractivity contribution < 1.29 is 9.53 Å². The molecule has 2 heterocycles. The maximum absolute atomic E-state index is 12.4. The second-order valence-corrected chi connectivity index (χ2v) is 8.77. The van der Waals surface area contributed by atoms with Crippen LogP contribution >= 0.6 is 0 Å². The van der Waals surface area contributed by atoms with Gasteiger partial charge in [0.1, 0.15) is 17.9 Å². The predicted octanol–water partition coefficient (Wildman–Crippen LogP) is 5.29. The number of benzene rings is 2. The van der Waals surface area contributed by atoms with Crippen molar-refractivity contribution in [2.24, 2.45) is 5.73 Å². The molecular formula is C28H32N6O2. The zero-order chi connectivity index (χ0) is 25.3. The number of carbonyl (C=O) groups is 1. The monoisotopic (exact) mass is 484 g/mol. The molecule has 0 atom stereocenters. The van der Waals surface area contributed by atoms with E-state index >= 15 is 0 Å². The Bertz CT molecular complexity index is 1290. The maximum Gasteiger partial charge on any atom is 0.254 e. The van der Waals surface area contributed by atoms with Crippen LogP contribution in [0.5, 0.6) is 5.75 Å². The Morgan fingerprint density at radius 1 is 0.972 bits per heavy atom. The summed E-state index contributed by atoms with van der Waals surface area (Å²) in [7, 11) is 0. The highest BCUT2D eigenvalue weighted by Gasteiger charge is 2.19. The molecule has 0 unspecified atom stereocenters. The maximum atomic E-state index is 12.4. The van der Waals surface area contributed by atoms with Crippen LogP contribution in [0.2, 0.25) is 0 Å². The second-order valence-electron chi connectivity index (χ2n) is 8.77. The number of aromatic amines is 1. The van der Waals surface area contributed by atoms with Crippen LogP contribution in [0.25, 0.3) is 22.5 Å². The number of hydrogen-bond donors (Lipinski definition) is 2. The van der Waals surface area contributed by atoms with E-state index in [0.29, 0.717) is 30.2 Å². The Kier molecular flexibility index (Phi) is 8.39. The Morgan fingerprint density at radius 3 is 2.36 bits per heavy atom. The van der Waals surface area contributed by atoms with Gasteiger partial charge in [0.2, 0.25) is 5.82 Å². The molecule has 2 aromatic carbocycles. The molecule has 1 amide bonds. The number of unbranched alkanes of at least 4 members (excludes halogenated alkanes) is 2. The highest BCUT2D eigenvalue weighted by molar-refractivity contribution is 5.96. The molecular weight excluding hydrogens is 452 g/mol. The fourth-order valence-electron chi connectivity index (χ4n) is 4.16. The third-order valence-corrected chi connectivity index (χ3v) is 6.08. The number of tetrazole rings is 1. The van der Waals surface area contributed by atoms with Gasteiger partial charge >= 0.3 is 0 Å². The zero-order valence-electron chi connectivity index (χ0n) is 20.8. The topological polar surface area (TPSA) is 120 Å². The van der Waals surface area contributed by atoms with E-state index in [2.05, 4.69) is 34.5 Å². The van der Waals surface area contributed by atoms with Gasteiger partial charge < -0.3 is 10.5 Å². The molecule has 0 fully saturated rings. The molecule has 4 rings (SSSR count). The molecule has 8 heteroatoms. The van der Waals surface area contributed by atoms with Crippen molar-refractivity contribution in [2.45, 2.75) is 59.0 Å². The Morgan fingerprint density at radius 2 is 1.69 bits per heavy atom. The van der Waals surface area contributed by atoms with Gasteiger partial charge in [0, 0.05) is 17.3 Å². The number of H-pyrrole nitrogens is 1. The van der Waals surface area contributed by atoms with Crippen molar-refractivity contribution in [3.63, 3.8) is 0 Å². The number of primary amides is 1. The van der Waals surface area contributed by atoms with E-state index in [9.17, 15) is 4.79 Å². The molecule has 0 spiro atoms. The lowest BCUT2D eigenvalue weighted by Crippen LogP contribution is -2.18. The van der Waals surface area contributed by atoms with Gasteiger partial charge in [-0.05, 0) is 47.6 Å². The minimum absolute atomic E-state index is 0.317. The van der Waals surface area contributed by atoms with Gasteiger partial charge in [-0.2, -0.15) is 5.21 Å². The smallest absolute Gasteiger partial charge is 0.254 e. The van der Waals surface area contributed by atoms with Crippen LogP contribution in [0.1, 0.15) is 66.8 Å². The van der Waals surface area contributed by atoms with Gasteiger partial charge in [0.05, 0.1) is 5.69 Å². The van der Waals surface area contributed by atoms with E-state index < -0.39 is 5.91 Å². The summed E-state index contributed by atoms with van der Waals surface area (Å²) < 4.78 is 6.18. The van der Waals surface area contributed by atoms with Crippen LogP contribution in [-0.2, 0) is 19.4 Å². The van der Waals surface area contributed by atoms with Crippen molar-refractivity contribution in [3.8, 4) is 28.3 Å². The third-order valence-electron chi connectivity index (χ3n) is 6.08. The first-order valence-electron chi connectivity index (χ1n) is 12.5. The van der Waals surface area contributed by atoms with Crippen LogP contribution < -0.4 is 10.5 Å². The van der Waals surface area contributed by atoms with E-state index in [1.165, 1.54) is 0 Å². The van der Waals surface area contributed by atoms with E-state index in [1.54, 1.807) is 0 Å². The first-order chi connectivity index (χ1) is 17.6. The molecule has 186 valence electrons. The Labute approximate surface area is 211 Å². The molecule has 36 heavy (non-hydrogen) atoms. The van der Waals surface area contributed by atoms with Gasteiger partial charge in [-0.3, -0.25) is 9.78 Å². The van der Waals surface area contributed by atoms with Crippen molar-refractivity contribution >= 4 is 5.91 Å². The summed E-state index contributed by atoms with van der Waals surface area (Å²) in [5, 5.41) is 14.4. The van der Waals surface area contributed by atoms with Crippen LogP contribution in [0.4, 0.5) is 0 Å². The van der Waals surface area contributed by atoms with Gasteiger partial charge in [-0.1, -0.05) is 75.2 Å². The van der Waals surface area contributed by atoms with Gasteiger partial charge in [0.15, 0.2) is 0 Å². The lowest BCUT2D eigenvalue weighted by atomic mass is 9.98. The van der Waals surface area contributed by atoms with Gasteiger partial charge in [-0.15, -0.1) is 10.2 Å². The van der Waals surface area contributed by atoms with Gasteiger partial charge in [-0.25, -0.2) is 0 Å². The lowest BCUT2D eigenvalue weighted by molar-refractivity contribution is 0.0994. The summed E-state index contributed by atoms with van der Waals surface area (Å²) in [5.41, 5.74) is 11.8. The molecule has 0 aliphatic rings. The molecule has 0 saturated carbocycles. The highest BCUT2D eigenvalue weighted by atomic mass is 16.5. The summed E-state index contributed by atoms with van der Waals surface area (Å²) in [6, 6.07) is 17.9. The van der Waals surface area contributed by atoms with Crippen LogP contribution in [-0.4, -0.2) is 31.5 Å². The van der Waals surface area contributed by atoms with E-state index in [-0.39, 0.29) is 0 Å². The third kappa shape index (κ3) is 5.94. The average molecular weight is 485 g/mol. The number of amides is 1. The predicted molar refractivity (Wildman–Crippen MR) is 139 cm³/mol. The van der Waals surface area contributed by atoms with E-state index in [1.807, 2.05) is 54.6 Å². The minimum Gasteiger partial charge on any atom is -0.488 e. The van der Waals surface area contributed by atoms with Crippen LogP contribution in [0.15, 0.2) is 54.6 Å². The SMILES string of the molecule is CCCCc1cc(OCc2ccc(-c3ccccc3-c3nn[nH]n3)cc2)c(C(N)=O)c(CCCC)n1. The number of carbonyl (C=O) groups excluding carboxylic acids is 1. The lowest BCUT2D eigenvalue weighted by Gasteiger charge is -2.16. The number of hydrogen-bond acceptors (Lipinski definition) is 6. The first-order valence-corrected chi connectivity index (χ1v) is 12.5. The second kappa shape index (κ2) is 12.1. The quantitative estimate of drug-likeness (QED) is 0.282. The number of pyridine rings is 1. The number of nitrogens with zero attached hydrogens (tertiary/aromatic N) is 4. The normalized spacial score (nSPS) is 10.9. The number of aryl methyl sites for hydroxylation is 2. The standard InChI is InChI=1S/C28H32N6O2/c1-3-5-9-21-17-25(26(27(29)35)24(30-21)12-6-4-2)36-18-19-13-15-20(16-14-19)22-10-7-8-11-23(22)28-31-33-34-32-28/h7-8,10-11,13-17H,3-6,9,12,18H2,1-2H3,(H2,29,35)(H,31,32,33,34). The molecule has 0 aliphatic carbocycles. The summed E-state index contributed by atoms with van der Waals surface area (Å²) in [6.45, 7) is 4.58. The Balaban J connectivity index is 1.57. The molecule has 4 aromatic rings. The van der Waals surface area contributed by atoms with Crippen molar-refractivity contribution in [3.05, 3.63) is 77.1 Å². The average Bonchev–Trinajstić information content (AvgIpc) is 3.44. The van der Waals surface area contributed by atoms with E-state index in [4.69, 9.17) is 15.5 Å². The van der Waals surface area contributed by atoms with Gasteiger partial charge in [0.25, 0.3) is 5.91 Å².